The molecule has 1 atom stereocenters. The molecule has 1 fully saturated rings. The Labute approximate surface area is 162 Å². The van der Waals surface area contributed by atoms with Crippen LogP contribution in [0.1, 0.15) is 19.4 Å². The van der Waals surface area contributed by atoms with E-state index in [-0.39, 0.29) is 12.2 Å². The first-order valence-electron chi connectivity index (χ1n) is 8.85. The van der Waals surface area contributed by atoms with Crippen molar-refractivity contribution < 1.29 is 23.9 Å². The van der Waals surface area contributed by atoms with Gasteiger partial charge in [0, 0.05) is 0 Å². The van der Waals surface area contributed by atoms with Crippen LogP contribution in [0.4, 0.5) is 5.69 Å². The Hall–Kier alpha value is -3.61. The Morgan fingerprint density at radius 3 is 2.61 bits per heavy atom. The van der Waals surface area contributed by atoms with Crippen molar-refractivity contribution in [1.82, 2.24) is 5.43 Å². The monoisotopic (exact) mass is 380 g/mol. The van der Waals surface area contributed by atoms with Gasteiger partial charge in [-0.15, -0.1) is 0 Å². The second-order valence-electron chi connectivity index (χ2n) is 6.06. The molecule has 1 aliphatic heterocycles. The molecule has 28 heavy (non-hydrogen) atoms. The zero-order valence-electron chi connectivity index (χ0n) is 15.5. The van der Waals surface area contributed by atoms with Crippen molar-refractivity contribution in [2.45, 2.75) is 20.0 Å². The molecule has 144 valence electrons. The number of benzene rings is 2. The lowest BCUT2D eigenvalue weighted by atomic mass is 10.1. The molecule has 0 aromatic heterocycles. The predicted molar refractivity (Wildman–Crippen MR) is 103 cm³/mol. The third kappa shape index (κ3) is 4.20. The number of ether oxygens (including phenoxy) is 2. The summed E-state index contributed by atoms with van der Waals surface area (Å²) >= 11 is 0. The van der Waals surface area contributed by atoms with Gasteiger partial charge in [-0.25, -0.2) is 9.80 Å². The molecule has 0 bridgehead atoms. The lowest BCUT2D eigenvalue weighted by Gasteiger charge is -2.14. The highest BCUT2D eigenvalue weighted by molar-refractivity contribution is 6.31. The van der Waals surface area contributed by atoms with Gasteiger partial charge >= 0.3 is 5.97 Å². The zero-order chi connectivity index (χ0) is 20.1. The molecule has 1 N–H and O–H groups in total. The molecule has 1 heterocycles. The van der Waals surface area contributed by atoms with Gasteiger partial charge in [-0.2, -0.15) is 0 Å². The minimum absolute atomic E-state index is 0.0134. The maximum absolute atomic E-state index is 12.6. The zero-order valence-corrected chi connectivity index (χ0v) is 15.5. The highest BCUT2D eigenvalue weighted by Crippen LogP contribution is 2.23. The van der Waals surface area contributed by atoms with Crippen molar-refractivity contribution >= 4 is 29.5 Å². The van der Waals surface area contributed by atoms with E-state index in [1.807, 2.05) is 6.07 Å². The molecule has 2 aromatic rings. The Kier molecular flexibility index (Phi) is 5.74. The van der Waals surface area contributed by atoms with Crippen LogP contribution in [0.15, 0.2) is 60.2 Å². The van der Waals surface area contributed by atoms with E-state index in [9.17, 15) is 14.4 Å². The number of rotatable bonds is 6. The Balaban J connectivity index is 1.79. The summed E-state index contributed by atoms with van der Waals surface area (Å²) in [5.74, 6) is -0.960. The fraction of sp³-hybridized carbons (Fsp3) is 0.190. The molecule has 7 heteroatoms. The van der Waals surface area contributed by atoms with Gasteiger partial charge < -0.3 is 9.47 Å². The molecule has 1 aliphatic rings. The Morgan fingerprint density at radius 2 is 1.89 bits per heavy atom. The summed E-state index contributed by atoms with van der Waals surface area (Å²) in [6.07, 6.45) is 0.718. The minimum Gasteiger partial charge on any atom is -0.479 e. The summed E-state index contributed by atoms with van der Waals surface area (Å²) in [5.41, 5.74) is 3.74. The second kappa shape index (κ2) is 8.39. The normalized spacial score (nSPS) is 16.1. The van der Waals surface area contributed by atoms with Gasteiger partial charge in [0.05, 0.1) is 12.3 Å². The van der Waals surface area contributed by atoms with Crippen LogP contribution >= 0.6 is 0 Å². The van der Waals surface area contributed by atoms with Crippen molar-refractivity contribution in [3.63, 3.8) is 0 Å². The summed E-state index contributed by atoms with van der Waals surface area (Å²) in [4.78, 5) is 36.6. The van der Waals surface area contributed by atoms with Gasteiger partial charge in [-0.05, 0) is 49.8 Å². The van der Waals surface area contributed by atoms with E-state index >= 15 is 0 Å². The molecule has 3 rings (SSSR count). The number of carbonyl (C=O) groups is 3. The van der Waals surface area contributed by atoms with Gasteiger partial charge in [0.25, 0.3) is 11.8 Å². The fourth-order valence-electron chi connectivity index (χ4n) is 2.67. The quantitative estimate of drug-likeness (QED) is 0.473. The first kappa shape index (κ1) is 19.2. The van der Waals surface area contributed by atoms with E-state index in [4.69, 9.17) is 9.47 Å². The summed E-state index contributed by atoms with van der Waals surface area (Å²) in [7, 11) is 0. The number of nitrogens with zero attached hydrogens (tertiary/aromatic N) is 1. The number of hydrogen-bond donors (Lipinski definition) is 1. The van der Waals surface area contributed by atoms with Gasteiger partial charge in [-0.1, -0.05) is 30.3 Å². The maximum atomic E-state index is 12.6. The number of anilines is 1. The van der Waals surface area contributed by atoms with Crippen LogP contribution < -0.4 is 15.2 Å². The molecule has 0 spiro atoms. The molecule has 2 amide bonds. The smallest absolute Gasteiger partial charge is 0.347 e. The summed E-state index contributed by atoms with van der Waals surface area (Å²) in [5, 5.41) is 1.21. The van der Waals surface area contributed by atoms with Crippen LogP contribution in [0.3, 0.4) is 0 Å². The molecule has 0 saturated carbocycles. The van der Waals surface area contributed by atoms with Crippen LogP contribution in [0.25, 0.3) is 6.08 Å². The third-order valence-electron chi connectivity index (χ3n) is 4.01. The summed E-state index contributed by atoms with van der Waals surface area (Å²) in [6, 6.07) is 15.6. The second-order valence-corrected chi connectivity index (χ2v) is 6.06. The standard InChI is InChI=1S/C21H20N2O5/c1-3-27-21(26)14(2)28-17-11-7-8-15(12-17)13-18-19(24)22-23(20(18)25)16-9-5-4-6-10-16/h4-14H,3H2,1-2H3,(H,22,24)/b18-13-/t14-/m1/s1. The molecule has 0 aliphatic carbocycles. The first-order valence-corrected chi connectivity index (χ1v) is 8.85. The van der Waals surface area contributed by atoms with Crippen molar-refractivity contribution in [1.29, 1.82) is 0 Å². The lowest BCUT2D eigenvalue weighted by molar-refractivity contribution is -0.150. The van der Waals surface area contributed by atoms with Gasteiger partial charge in [0.2, 0.25) is 0 Å². The topological polar surface area (TPSA) is 84.9 Å². The van der Waals surface area contributed by atoms with Crippen LogP contribution in [0, 0.1) is 0 Å². The lowest BCUT2D eigenvalue weighted by Crippen LogP contribution is -2.35. The number of nitrogens with one attached hydrogen (secondary N) is 1. The van der Waals surface area contributed by atoms with E-state index in [2.05, 4.69) is 5.43 Å². The Bertz CT molecular complexity index is 923. The van der Waals surface area contributed by atoms with Crippen LogP contribution in [0.2, 0.25) is 0 Å². The van der Waals surface area contributed by atoms with Gasteiger partial charge in [0.1, 0.15) is 11.3 Å². The molecular formula is C21H20N2O5. The highest BCUT2D eigenvalue weighted by atomic mass is 16.6. The predicted octanol–water partition coefficient (Wildman–Crippen LogP) is 2.48. The molecular weight excluding hydrogens is 360 g/mol. The number of para-hydroxylation sites is 1. The van der Waals surface area contributed by atoms with Gasteiger partial charge in [-0.3, -0.25) is 15.0 Å². The largest absolute Gasteiger partial charge is 0.479 e. The summed E-state index contributed by atoms with van der Waals surface area (Å²) < 4.78 is 10.5. The molecule has 0 radical (unpaired) electrons. The van der Waals surface area contributed by atoms with E-state index in [0.29, 0.717) is 17.0 Å². The molecule has 0 unspecified atom stereocenters. The van der Waals surface area contributed by atoms with Crippen molar-refractivity contribution in [2.24, 2.45) is 0 Å². The fourth-order valence-corrected chi connectivity index (χ4v) is 2.67. The third-order valence-corrected chi connectivity index (χ3v) is 4.01. The SMILES string of the molecule is CCOC(=O)[C@@H](C)Oc1cccc(/C=C2/C(=O)NN(c3ccccc3)C2=O)c1. The van der Waals surface area contributed by atoms with E-state index in [1.54, 1.807) is 62.4 Å². The van der Waals surface area contributed by atoms with Gasteiger partial charge in [0.15, 0.2) is 6.10 Å². The average molecular weight is 380 g/mol. The number of amides is 2. The van der Waals surface area contributed by atoms with Crippen LogP contribution in [0.5, 0.6) is 5.75 Å². The van der Waals surface area contributed by atoms with E-state index < -0.39 is 23.9 Å². The average Bonchev–Trinajstić information content (AvgIpc) is 2.97. The maximum Gasteiger partial charge on any atom is 0.347 e. The summed E-state index contributed by atoms with van der Waals surface area (Å²) in [6.45, 7) is 3.59. The number of carbonyl (C=O) groups excluding carboxylic acids is 3. The van der Waals surface area contributed by atoms with Crippen LogP contribution in [-0.2, 0) is 19.1 Å². The number of hydrazine groups is 1. The molecule has 7 nitrogen and oxygen atoms in total. The van der Waals surface area contributed by atoms with Crippen molar-refractivity contribution in [3.8, 4) is 5.75 Å². The van der Waals surface area contributed by atoms with Crippen molar-refractivity contribution in [3.05, 3.63) is 65.7 Å². The molecule has 1 saturated heterocycles. The van der Waals surface area contributed by atoms with E-state index in [1.165, 1.54) is 11.1 Å². The van der Waals surface area contributed by atoms with Crippen LogP contribution in [-0.4, -0.2) is 30.5 Å². The molecule has 2 aromatic carbocycles. The highest BCUT2D eigenvalue weighted by Gasteiger charge is 2.34. The number of hydrogen-bond acceptors (Lipinski definition) is 5. The Morgan fingerprint density at radius 1 is 1.14 bits per heavy atom. The first-order chi connectivity index (χ1) is 13.5. The van der Waals surface area contributed by atoms with Crippen molar-refractivity contribution in [2.75, 3.05) is 11.6 Å². The number of esters is 1. The van der Waals surface area contributed by atoms with E-state index in [0.717, 1.165) is 0 Å². The minimum atomic E-state index is -0.771.